The maximum atomic E-state index is 13.1. The molecule has 0 aliphatic heterocycles. The molecule has 1 heterocycles. The summed E-state index contributed by atoms with van der Waals surface area (Å²) in [6, 6.07) is 23.8. The van der Waals surface area contributed by atoms with Crippen LogP contribution in [-0.4, -0.2) is 32.1 Å². The van der Waals surface area contributed by atoms with Crippen LogP contribution in [-0.2, 0) is 4.79 Å². The summed E-state index contributed by atoms with van der Waals surface area (Å²) in [7, 11) is 0. The number of nitrogens with one attached hydrogen (secondary N) is 1. The number of nitrogens with zero attached hydrogens (tertiary/aromatic N) is 4. The van der Waals surface area contributed by atoms with Crippen molar-refractivity contribution in [2.24, 2.45) is 5.10 Å². The van der Waals surface area contributed by atoms with E-state index < -0.39 is 0 Å². The predicted octanol–water partition coefficient (Wildman–Crippen LogP) is 5.01. The number of thioether (sulfide) groups is 1. The van der Waals surface area contributed by atoms with Crippen LogP contribution >= 0.6 is 11.8 Å². The van der Waals surface area contributed by atoms with Crippen molar-refractivity contribution in [3.8, 4) is 17.1 Å². The van der Waals surface area contributed by atoms with Crippen LogP contribution in [0.5, 0.6) is 0 Å². The van der Waals surface area contributed by atoms with E-state index in [9.17, 15) is 9.18 Å². The lowest BCUT2D eigenvalue weighted by molar-refractivity contribution is -0.118. The van der Waals surface area contributed by atoms with Gasteiger partial charge >= 0.3 is 0 Å². The minimum absolute atomic E-state index is 0.110. The third-order valence-electron chi connectivity index (χ3n) is 4.90. The molecular weight excluding hydrogens is 437 g/mol. The van der Waals surface area contributed by atoms with Crippen LogP contribution in [0.15, 0.2) is 89.1 Å². The molecule has 0 aliphatic rings. The summed E-state index contributed by atoms with van der Waals surface area (Å²) in [5.41, 5.74) is 6.87. The van der Waals surface area contributed by atoms with Crippen LogP contribution in [0.25, 0.3) is 17.1 Å². The third kappa shape index (κ3) is 5.53. The monoisotopic (exact) mass is 459 g/mol. The second-order valence-electron chi connectivity index (χ2n) is 7.37. The van der Waals surface area contributed by atoms with Crippen LogP contribution in [0.1, 0.15) is 18.1 Å². The summed E-state index contributed by atoms with van der Waals surface area (Å²) in [6.07, 6.45) is 0. The molecule has 0 radical (unpaired) electrons. The molecule has 0 fully saturated rings. The molecule has 4 aromatic rings. The van der Waals surface area contributed by atoms with Gasteiger partial charge in [0.05, 0.1) is 11.5 Å². The first-order valence-corrected chi connectivity index (χ1v) is 11.3. The average molecular weight is 460 g/mol. The van der Waals surface area contributed by atoms with Crippen molar-refractivity contribution in [1.29, 1.82) is 0 Å². The number of rotatable bonds is 7. The molecule has 0 bridgehead atoms. The number of hydrogen-bond acceptors (Lipinski definition) is 5. The number of halogens is 1. The van der Waals surface area contributed by atoms with Crippen molar-refractivity contribution < 1.29 is 9.18 Å². The van der Waals surface area contributed by atoms with E-state index in [2.05, 4.69) is 20.7 Å². The van der Waals surface area contributed by atoms with Gasteiger partial charge in [0.15, 0.2) is 11.0 Å². The smallest absolute Gasteiger partial charge is 0.250 e. The quantitative estimate of drug-likeness (QED) is 0.239. The van der Waals surface area contributed by atoms with E-state index in [4.69, 9.17) is 0 Å². The highest BCUT2D eigenvalue weighted by molar-refractivity contribution is 7.99. The van der Waals surface area contributed by atoms with Crippen LogP contribution in [0, 0.1) is 12.7 Å². The average Bonchev–Trinajstić information content (AvgIpc) is 3.26. The Kier molecular flexibility index (Phi) is 6.95. The molecule has 1 aromatic heterocycles. The van der Waals surface area contributed by atoms with Gasteiger partial charge in [-0.25, -0.2) is 9.82 Å². The minimum Gasteiger partial charge on any atom is -0.272 e. The van der Waals surface area contributed by atoms with Gasteiger partial charge in [0.25, 0.3) is 5.91 Å². The first kappa shape index (κ1) is 22.4. The highest BCUT2D eigenvalue weighted by atomic mass is 32.2. The van der Waals surface area contributed by atoms with E-state index in [-0.39, 0.29) is 17.5 Å². The van der Waals surface area contributed by atoms with Gasteiger partial charge in [0, 0.05) is 11.3 Å². The fourth-order valence-electron chi connectivity index (χ4n) is 3.13. The Labute approximate surface area is 195 Å². The number of carbonyl (C=O) groups is 1. The van der Waals surface area contributed by atoms with Gasteiger partial charge in [-0.15, -0.1) is 10.2 Å². The number of hydrazone groups is 1. The fourth-order valence-corrected chi connectivity index (χ4v) is 3.87. The summed E-state index contributed by atoms with van der Waals surface area (Å²) in [6.45, 7) is 3.78. The molecule has 3 aromatic carbocycles. The number of aromatic nitrogens is 3. The zero-order valence-electron chi connectivity index (χ0n) is 18.2. The zero-order valence-corrected chi connectivity index (χ0v) is 19.0. The molecule has 6 nitrogen and oxygen atoms in total. The predicted molar refractivity (Wildman–Crippen MR) is 129 cm³/mol. The molecule has 0 saturated heterocycles. The van der Waals surface area contributed by atoms with Crippen molar-refractivity contribution in [3.05, 3.63) is 95.8 Å². The molecule has 0 unspecified atom stereocenters. The molecule has 33 heavy (non-hydrogen) atoms. The lowest BCUT2D eigenvalue weighted by atomic mass is 10.1. The molecule has 166 valence electrons. The van der Waals surface area contributed by atoms with Crippen molar-refractivity contribution in [2.45, 2.75) is 19.0 Å². The number of aryl methyl sites for hydroxylation is 1. The highest BCUT2D eigenvalue weighted by Crippen LogP contribution is 2.28. The van der Waals surface area contributed by atoms with Crippen LogP contribution in [0.2, 0.25) is 0 Å². The summed E-state index contributed by atoms with van der Waals surface area (Å²) in [4.78, 5) is 12.4. The number of benzene rings is 3. The standard InChI is InChI=1S/C25H22FN5OS/c1-17-8-10-20(11-9-17)24-29-30-25(31(24)22-6-4-3-5-7-22)33-16-23(32)28-27-18(2)19-12-14-21(26)15-13-19/h3-15H,16H2,1-2H3,(H,28,32)/b27-18+. The number of para-hydroxylation sites is 1. The maximum Gasteiger partial charge on any atom is 0.250 e. The van der Waals surface area contributed by atoms with Gasteiger partial charge in [0.1, 0.15) is 5.82 Å². The highest BCUT2D eigenvalue weighted by Gasteiger charge is 2.17. The third-order valence-corrected chi connectivity index (χ3v) is 5.83. The van der Waals surface area contributed by atoms with Crippen molar-refractivity contribution in [1.82, 2.24) is 20.2 Å². The van der Waals surface area contributed by atoms with Gasteiger partial charge < -0.3 is 0 Å². The fraction of sp³-hybridized carbons (Fsp3) is 0.120. The molecule has 1 amide bonds. The topological polar surface area (TPSA) is 72.2 Å². The molecular formula is C25H22FN5OS. The van der Waals surface area contributed by atoms with E-state index in [1.54, 1.807) is 19.1 Å². The van der Waals surface area contributed by atoms with Crippen LogP contribution < -0.4 is 5.43 Å². The summed E-state index contributed by atoms with van der Waals surface area (Å²) < 4.78 is 15.0. The second-order valence-corrected chi connectivity index (χ2v) is 8.31. The van der Waals surface area contributed by atoms with Gasteiger partial charge in [-0.3, -0.25) is 9.36 Å². The van der Waals surface area contributed by atoms with E-state index in [1.165, 1.54) is 23.9 Å². The molecule has 8 heteroatoms. The van der Waals surface area contributed by atoms with E-state index in [0.29, 0.717) is 16.7 Å². The lowest BCUT2D eigenvalue weighted by Crippen LogP contribution is -2.21. The molecule has 0 spiro atoms. The Morgan fingerprint density at radius 1 is 1.00 bits per heavy atom. The molecule has 4 rings (SSSR count). The van der Waals surface area contributed by atoms with Gasteiger partial charge in [0.2, 0.25) is 0 Å². The van der Waals surface area contributed by atoms with E-state index in [0.717, 1.165) is 22.4 Å². The Morgan fingerprint density at radius 2 is 1.70 bits per heavy atom. The number of hydrogen-bond donors (Lipinski definition) is 1. The van der Waals surface area contributed by atoms with E-state index in [1.807, 2.05) is 66.1 Å². The van der Waals surface area contributed by atoms with Gasteiger partial charge in [-0.2, -0.15) is 5.10 Å². The lowest BCUT2D eigenvalue weighted by Gasteiger charge is -2.10. The van der Waals surface area contributed by atoms with Crippen LogP contribution in [0.4, 0.5) is 4.39 Å². The number of carbonyl (C=O) groups excluding carboxylic acids is 1. The second kappa shape index (κ2) is 10.2. The Balaban J connectivity index is 1.51. The molecule has 0 aliphatic carbocycles. The Morgan fingerprint density at radius 3 is 2.39 bits per heavy atom. The summed E-state index contributed by atoms with van der Waals surface area (Å²) in [5.74, 6) is 0.216. The normalized spacial score (nSPS) is 11.4. The SMILES string of the molecule is C/C(=N\NC(=O)CSc1nnc(-c2ccc(C)cc2)n1-c1ccccc1)c1ccc(F)cc1. The van der Waals surface area contributed by atoms with Gasteiger partial charge in [-0.1, -0.05) is 71.9 Å². The summed E-state index contributed by atoms with van der Waals surface area (Å²) >= 11 is 1.28. The summed E-state index contributed by atoms with van der Waals surface area (Å²) in [5, 5.41) is 13.5. The van der Waals surface area contributed by atoms with Crippen molar-refractivity contribution >= 4 is 23.4 Å². The van der Waals surface area contributed by atoms with E-state index >= 15 is 0 Å². The Hall–Kier alpha value is -3.78. The van der Waals surface area contributed by atoms with Gasteiger partial charge in [-0.05, 0) is 43.7 Å². The first-order chi connectivity index (χ1) is 16.0. The first-order valence-electron chi connectivity index (χ1n) is 10.3. The maximum absolute atomic E-state index is 13.1. The Bertz CT molecular complexity index is 1270. The van der Waals surface area contributed by atoms with Crippen molar-refractivity contribution in [3.63, 3.8) is 0 Å². The number of amides is 1. The molecule has 0 saturated carbocycles. The molecule has 0 atom stereocenters. The largest absolute Gasteiger partial charge is 0.272 e. The van der Waals surface area contributed by atoms with Crippen molar-refractivity contribution in [2.75, 3.05) is 5.75 Å². The molecule has 1 N–H and O–H groups in total. The minimum atomic E-state index is -0.320. The van der Waals surface area contributed by atoms with Crippen LogP contribution in [0.3, 0.4) is 0 Å². The zero-order chi connectivity index (χ0) is 23.2.